The van der Waals surface area contributed by atoms with E-state index in [4.69, 9.17) is 10.8 Å². The molecule has 1 atom stereocenters. The van der Waals surface area contributed by atoms with Crippen LogP contribution in [0.5, 0.6) is 0 Å². The average Bonchev–Trinajstić information content (AvgIpc) is 2.17. The molecule has 0 bridgehead atoms. The maximum Gasteiger partial charge on any atom is 0.0644 e. The Bertz CT molecular complexity index is 206. The summed E-state index contributed by atoms with van der Waals surface area (Å²) in [7, 11) is 0. The van der Waals surface area contributed by atoms with Gasteiger partial charge < -0.3 is 10.8 Å². The molecule has 1 aliphatic rings. The summed E-state index contributed by atoms with van der Waals surface area (Å²) in [6, 6.07) is 0.210. The first-order chi connectivity index (χ1) is 5.77. The second-order valence-electron chi connectivity index (χ2n) is 3.24. The third kappa shape index (κ3) is 2.19. The van der Waals surface area contributed by atoms with E-state index >= 15 is 0 Å². The van der Waals surface area contributed by atoms with Gasteiger partial charge in [-0.2, -0.15) is 0 Å². The van der Waals surface area contributed by atoms with Crippen LogP contribution >= 0.6 is 0 Å². The van der Waals surface area contributed by atoms with E-state index < -0.39 is 0 Å². The molecule has 0 spiro atoms. The van der Waals surface area contributed by atoms with Crippen LogP contribution < -0.4 is 5.73 Å². The molecule has 12 heavy (non-hydrogen) atoms. The van der Waals surface area contributed by atoms with Gasteiger partial charge in [-0.3, -0.25) is 0 Å². The number of rotatable bonds is 3. The largest absolute Gasteiger partial charge is 0.392 e. The molecule has 1 unspecified atom stereocenters. The lowest BCUT2D eigenvalue weighted by atomic mass is 9.93. The standard InChI is InChI=1S/C10H17NO/c1-2-10(11)9-5-3-8(7-12)4-6-9/h3,5,10,12H,2,4,6-7,11H2,1H3. The van der Waals surface area contributed by atoms with Crippen molar-refractivity contribution >= 4 is 0 Å². The lowest BCUT2D eigenvalue weighted by molar-refractivity contribution is 0.326. The van der Waals surface area contributed by atoms with E-state index in [0.29, 0.717) is 0 Å². The van der Waals surface area contributed by atoms with Crippen molar-refractivity contribution in [2.45, 2.75) is 32.2 Å². The second kappa shape index (κ2) is 4.43. The first-order valence-corrected chi connectivity index (χ1v) is 4.52. The Morgan fingerprint density at radius 3 is 2.67 bits per heavy atom. The molecule has 3 N–H and O–H groups in total. The van der Waals surface area contributed by atoms with E-state index in [-0.39, 0.29) is 12.6 Å². The molecule has 0 fully saturated rings. The summed E-state index contributed by atoms with van der Waals surface area (Å²) >= 11 is 0. The van der Waals surface area contributed by atoms with E-state index in [1.165, 1.54) is 5.57 Å². The van der Waals surface area contributed by atoms with Crippen molar-refractivity contribution in [1.82, 2.24) is 0 Å². The molecule has 2 heteroatoms. The number of aliphatic hydroxyl groups is 1. The molecular weight excluding hydrogens is 150 g/mol. The molecular formula is C10H17NO. The highest BCUT2D eigenvalue weighted by molar-refractivity contribution is 5.26. The summed E-state index contributed by atoms with van der Waals surface area (Å²) in [6.45, 7) is 2.28. The fourth-order valence-electron chi connectivity index (χ4n) is 1.40. The van der Waals surface area contributed by atoms with Crippen LogP contribution in [0.4, 0.5) is 0 Å². The molecule has 0 heterocycles. The van der Waals surface area contributed by atoms with Crippen molar-refractivity contribution in [3.63, 3.8) is 0 Å². The van der Waals surface area contributed by atoms with Gasteiger partial charge in [0, 0.05) is 6.04 Å². The highest BCUT2D eigenvalue weighted by Gasteiger charge is 2.10. The van der Waals surface area contributed by atoms with Gasteiger partial charge in [0.05, 0.1) is 6.61 Å². The van der Waals surface area contributed by atoms with Gasteiger partial charge in [0.2, 0.25) is 0 Å². The quantitative estimate of drug-likeness (QED) is 0.666. The zero-order valence-electron chi connectivity index (χ0n) is 7.59. The SMILES string of the molecule is CCC(N)C1=CC=C(CO)CC1. The normalized spacial score (nSPS) is 19.9. The summed E-state index contributed by atoms with van der Waals surface area (Å²) < 4.78 is 0. The fraction of sp³-hybridized carbons (Fsp3) is 0.600. The molecule has 0 saturated carbocycles. The Hall–Kier alpha value is -0.600. The Morgan fingerprint density at radius 1 is 1.50 bits per heavy atom. The Labute approximate surface area is 73.8 Å². The smallest absolute Gasteiger partial charge is 0.0644 e. The van der Waals surface area contributed by atoms with E-state index in [0.717, 1.165) is 24.8 Å². The van der Waals surface area contributed by atoms with Gasteiger partial charge >= 0.3 is 0 Å². The lowest BCUT2D eigenvalue weighted by Crippen LogP contribution is -2.22. The first kappa shape index (κ1) is 9.49. The number of allylic oxidation sites excluding steroid dienone is 2. The summed E-state index contributed by atoms with van der Waals surface area (Å²) in [5, 5.41) is 8.84. The predicted octanol–water partition coefficient (Wildman–Crippen LogP) is 1.36. The van der Waals surface area contributed by atoms with E-state index in [1.54, 1.807) is 0 Å². The molecule has 1 aliphatic carbocycles. The van der Waals surface area contributed by atoms with Crippen molar-refractivity contribution in [1.29, 1.82) is 0 Å². The summed E-state index contributed by atoms with van der Waals surface area (Å²) in [6.07, 6.45) is 7.03. The van der Waals surface area contributed by atoms with Gasteiger partial charge in [-0.1, -0.05) is 24.6 Å². The Kier molecular flexibility index (Phi) is 3.50. The summed E-state index contributed by atoms with van der Waals surface area (Å²) in [5.41, 5.74) is 8.30. The van der Waals surface area contributed by atoms with E-state index in [9.17, 15) is 0 Å². The van der Waals surface area contributed by atoms with E-state index in [2.05, 4.69) is 13.0 Å². The third-order valence-corrected chi connectivity index (χ3v) is 2.39. The van der Waals surface area contributed by atoms with Crippen molar-refractivity contribution < 1.29 is 5.11 Å². The predicted molar refractivity (Wildman–Crippen MR) is 50.8 cm³/mol. The van der Waals surface area contributed by atoms with Crippen molar-refractivity contribution in [2.24, 2.45) is 5.73 Å². The Balaban J connectivity index is 2.59. The molecule has 0 aromatic rings. The summed E-state index contributed by atoms with van der Waals surface area (Å²) in [4.78, 5) is 0. The van der Waals surface area contributed by atoms with Crippen LogP contribution in [0.15, 0.2) is 23.3 Å². The van der Waals surface area contributed by atoms with Gasteiger partial charge in [0.25, 0.3) is 0 Å². The minimum atomic E-state index is 0.186. The van der Waals surface area contributed by atoms with Crippen LogP contribution in [0.25, 0.3) is 0 Å². The van der Waals surface area contributed by atoms with Crippen LogP contribution in [-0.4, -0.2) is 17.8 Å². The van der Waals surface area contributed by atoms with Gasteiger partial charge in [0.15, 0.2) is 0 Å². The monoisotopic (exact) mass is 167 g/mol. The van der Waals surface area contributed by atoms with Crippen LogP contribution in [0.2, 0.25) is 0 Å². The highest BCUT2D eigenvalue weighted by Crippen LogP contribution is 2.20. The number of nitrogens with two attached hydrogens (primary N) is 1. The molecule has 1 rings (SSSR count). The maximum absolute atomic E-state index is 8.84. The maximum atomic E-state index is 8.84. The fourth-order valence-corrected chi connectivity index (χ4v) is 1.40. The average molecular weight is 167 g/mol. The van der Waals surface area contributed by atoms with Crippen LogP contribution in [0, 0.1) is 0 Å². The molecule has 0 amide bonds. The molecule has 68 valence electrons. The highest BCUT2D eigenvalue weighted by atomic mass is 16.3. The molecule has 2 nitrogen and oxygen atoms in total. The number of aliphatic hydroxyl groups excluding tert-OH is 1. The molecule has 0 aliphatic heterocycles. The zero-order valence-corrected chi connectivity index (χ0v) is 7.59. The van der Waals surface area contributed by atoms with Crippen molar-refractivity contribution in [3.05, 3.63) is 23.3 Å². The summed E-state index contributed by atoms with van der Waals surface area (Å²) in [5.74, 6) is 0. The lowest BCUT2D eigenvalue weighted by Gasteiger charge is -2.17. The zero-order chi connectivity index (χ0) is 8.97. The molecule has 0 saturated heterocycles. The Morgan fingerprint density at radius 2 is 2.25 bits per heavy atom. The molecule has 0 radical (unpaired) electrons. The van der Waals surface area contributed by atoms with Gasteiger partial charge in [0.1, 0.15) is 0 Å². The number of hydrogen-bond donors (Lipinski definition) is 2. The van der Waals surface area contributed by atoms with Crippen LogP contribution in [0.3, 0.4) is 0 Å². The van der Waals surface area contributed by atoms with Crippen LogP contribution in [-0.2, 0) is 0 Å². The van der Waals surface area contributed by atoms with E-state index in [1.807, 2.05) is 6.08 Å². The first-order valence-electron chi connectivity index (χ1n) is 4.52. The van der Waals surface area contributed by atoms with Gasteiger partial charge in [-0.15, -0.1) is 0 Å². The topological polar surface area (TPSA) is 46.2 Å². The van der Waals surface area contributed by atoms with Gasteiger partial charge in [-0.25, -0.2) is 0 Å². The number of hydrogen-bond acceptors (Lipinski definition) is 2. The van der Waals surface area contributed by atoms with Crippen molar-refractivity contribution in [3.8, 4) is 0 Å². The third-order valence-electron chi connectivity index (χ3n) is 2.39. The molecule has 0 aromatic carbocycles. The molecule has 0 aromatic heterocycles. The van der Waals surface area contributed by atoms with Gasteiger partial charge in [-0.05, 0) is 24.8 Å². The second-order valence-corrected chi connectivity index (χ2v) is 3.24. The van der Waals surface area contributed by atoms with Crippen LogP contribution in [0.1, 0.15) is 26.2 Å². The minimum Gasteiger partial charge on any atom is -0.392 e. The minimum absolute atomic E-state index is 0.186. The van der Waals surface area contributed by atoms with Crippen molar-refractivity contribution in [2.75, 3.05) is 6.61 Å².